The first-order chi connectivity index (χ1) is 11.0. The lowest BCUT2D eigenvalue weighted by molar-refractivity contribution is 0.0787. The van der Waals surface area contributed by atoms with Crippen LogP contribution in [-0.2, 0) is 6.54 Å². The molecule has 116 valence electrons. The van der Waals surface area contributed by atoms with Gasteiger partial charge >= 0.3 is 0 Å². The minimum atomic E-state index is -0.285. The van der Waals surface area contributed by atoms with Gasteiger partial charge < -0.3 is 9.88 Å². The zero-order chi connectivity index (χ0) is 16.4. The molecule has 0 fully saturated rings. The van der Waals surface area contributed by atoms with Gasteiger partial charge in [0, 0.05) is 35.6 Å². The zero-order valence-electron chi connectivity index (χ0n) is 12.5. The summed E-state index contributed by atoms with van der Waals surface area (Å²) in [5.74, 6) is -0.192. The molecule has 1 heterocycles. The quantitative estimate of drug-likeness (QED) is 0.801. The number of halogens is 1. The second-order valence-electron chi connectivity index (χ2n) is 5.38. The molecule has 0 aliphatic rings. The van der Waals surface area contributed by atoms with Crippen LogP contribution in [0.5, 0.6) is 0 Å². The highest BCUT2D eigenvalue weighted by molar-refractivity contribution is 6.30. The number of hydrogen-bond acceptors (Lipinski definition) is 2. The Kier molecular flexibility index (Phi) is 4.17. The molecule has 0 aliphatic heterocycles. The second kappa shape index (κ2) is 6.26. The first-order valence-electron chi connectivity index (χ1n) is 7.16. The molecule has 0 saturated heterocycles. The highest BCUT2D eigenvalue weighted by atomic mass is 35.5. The Morgan fingerprint density at radius 1 is 1.13 bits per heavy atom. The van der Waals surface area contributed by atoms with Gasteiger partial charge in [0.15, 0.2) is 0 Å². The molecule has 2 aromatic carbocycles. The number of nitrogens with one attached hydrogen (secondary N) is 1. The fourth-order valence-electron chi connectivity index (χ4n) is 2.52. The van der Waals surface area contributed by atoms with Gasteiger partial charge in [-0.25, -0.2) is 0 Å². The van der Waals surface area contributed by atoms with Crippen LogP contribution in [-0.4, -0.2) is 22.8 Å². The van der Waals surface area contributed by atoms with Crippen LogP contribution in [0.3, 0.4) is 0 Å². The van der Waals surface area contributed by atoms with Crippen molar-refractivity contribution < 1.29 is 4.79 Å². The first-order valence-corrected chi connectivity index (χ1v) is 7.54. The minimum Gasteiger partial charge on any atom is -0.337 e. The molecular formula is C18H15ClN2O2. The number of H-pyrrole nitrogens is 1. The number of amides is 1. The molecule has 23 heavy (non-hydrogen) atoms. The number of aromatic amines is 1. The number of rotatable bonds is 3. The van der Waals surface area contributed by atoms with Crippen molar-refractivity contribution in [3.63, 3.8) is 0 Å². The van der Waals surface area contributed by atoms with Gasteiger partial charge in [0.2, 0.25) is 5.56 Å². The minimum absolute atomic E-state index is 0.192. The Hall–Kier alpha value is -2.59. The van der Waals surface area contributed by atoms with E-state index in [-0.39, 0.29) is 11.5 Å². The molecular weight excluding hydrogens is 312 g/mol. The van der Waals surface area contributed by atoms with Crippen LogP contribution < -0.4 is 5.56 Å². The molecule has 3 aromatic rings. The van der Waals surface area contributed by atoms with Crippen LogP contribution in [0.2, 0.25) is 5.02 Å². The summed E-state index contributed by atoms with van der Waals surface area (Å²) in [7, 11) is 1.72. The third-order valence-corrected chi connectivity index (χ3v) is 3.91. The van der Waals surface area contributed by atoms with E-state index in [0.29, 0.717) is 22.6 Å². The highest BCUT2D eigenvalue weighted by Crippen LogP contribution is 2.17. The van der Waals surface area contributed by atoms with E-state index in [9.17, 15) is 9.59 Å². The number of para-hydroxylation sites is 1. The Balaban J connectivity index is 1.93. The summed E-state index contributed by atoms with van der Waals surface area (Å²) in [4.78, 5) is 28.8. The summed E-state index contributed by atoms with van der Waals surface area (Å²) in [5.41, 5.74) is 1.75. The molecule has 1 N–H and O–H groups in total. The van der Waals surface area contributed by atoms with Crippen molar-refractivity contribution in [2.45, 2.75) is 6.54 Å². The monoisotopic (exact) mass is 326 g/mol. The molecule has 1 amide bonds. The standard InChI is InChI=1S/C18H15ClN2O2/c1-21(11-12-6-8-13(19)9-7-12)18(23)15-10-17(22)20-16-5-3-2-4-14(15)16/h2-10H,11H2,1H3,(H,20,22). The average Bonchev–Trinajstić information content (AvgIpc) is 2.55. The van der Waals surface area contributed by atoms with E-state index in [1.807, 2.05) is 30.3 Å². The number of carbonyl (C=O) groups is 1. The normalized spacial score (nSPS) is 10.7. The lowest BCUT2D eigenvalue weighted by Crippen LogP contribution is -2.27. The maximum absolute atomic E-state index is 12.7. The Bertz CT molecular complexity index is 916. The number of fused-ring (bicyclic) bond motifs is 1. The van der Waals surface area contributed by atoms with Gasteiger partial charge in [0.1, 0.15) is 0 Å². The van der Waals surface area contributed by atoms with Crippen LogP contribution in [0, 0.1) is 0 Å². The van der Waals surface area contributed by atoms with Gasteiger partial charge in [0.25, 0.3) is 5.91 Å². The smallest absolute Gasteiger partial charge is 0.254 e. The van der Waals surface area contributed by atoms with Gasteiger partial charge in [-0.05, 0) is 23.8 Å². The summed E-state index contributed by atoms with van der Waals surface area (Å²) in [5, 5.41) is 1.39. The van der Waals surface area contributed by atoms with Gasteiger partial charge in [-0.1, -0.05) is 41.9 Å². The number of nitrogens with zero attached hydrogens (tertiary/aromatic N) is 1. The van der Waals surface area contributed by atoms with Crippen molar-refractivity contribution in [3.05, 3.63) is 81.1 Å². The third kappa shape index (κ3) is 3.27. The summed E-state index contributed by atoms with van der Waals surface area (Å²) in [6.45, 7) is 0.442. The Labute approximate surface area is 138 Å². The van der Waals surface area contributed by atoms with E-state index >= 15 is 0 Å². The molecule has 1 aromatic heterocycles. The fourth-order valence-corrected chi connectivity index (χ4v) is 2.65. The SMILES string of the molecule is CN(Cc1ccc(Cl)cc1)C(=O)c1cc(=O)[nH]c2ccccc12. The lowest BCUT2D eigenvalue weighted by Gasteiger charge is -2.18. The molecule has 0 bridgehead atoms. The van der Waals surface area contributed by atoms with Gasteiger partial charge in [-0.3, -0.25) is 9.59 Å². The number of carbonyl (C=O) groups excluding carboxylic acids is 1. The highest BCUT2D eigenvalue weighted by Gasteiger charge is 2.16. The maximum atomic E-state index is 12.7. The van der Waals surface area contributed by atoms with Gasteiger partial charge in [-0.15, -0.1) is 0 Å². The van der Waals surface area contributed by atoms with Crippen molar-refractivity contribution in [1.29, 1.82) is 0 Å². The second-order valence-corrected chi connectivity index (χ2v) is 5.82. The van der Waals surface area contributed by atoms with Gasteiger partial charge in [0.05, 0.1) is 5.56 Å². The molecule has 0 spiro atoms. The van der Waals surface area contributed by atoms with Crippen molar-refractivity contribution in [1.82, 2.24) is 9.88 Å². The number of benzene rings is 2. The van der Waals surface area contributed by atoms with Crippen molar-refractivity contribution in [2.75, 3.05) is 7.05 Å². The molecule has 0 saturated carbocycles. The third-order valence-electron chi connectivity index (χ3n) is 3.66. The molecule has 0 aliphatic carbocycles. The molecule has 4 nitrogen and oxygen atoms in total. The predicted octanol–water partition coefficient (Wildman–Crippen LogP) is 3.45. The summed E-state index contributed by atoms with van der Waals surface area (Å²) >= 11 is 5.87. The Morgan fingerprint density at radius 2 is 1.83 bits per heavy atom. The van der Waals surface area contributed by atoms with Crippen LogP contribution >= 0.6 is 11.6 Å². The summed E-state index contributed by atoms with van der Waals surface area (Å²) < 4.78 is 0. The van der Waals surface area contributed by atoms with E-state index in [2.05, 4.69) is 4.98 Å². The molecule has 0 unspecified atom stereocenters. The van der Waals surface area contributed by atoms with Crippen LogP contribution in [0.25, 0.3) is 10.9 Å². The van der Waals surface area contributed by atoms with E-state index in [4.69, 9.17) is 11.6 Å². The topological polar surface area (TPSA) is 53.2 Å². The van der Waals surface area contributed by atoms with Crippen molar-refractivity contribution in [3.8, 4) is 0 Å². The summed E-state index contributed by atoms with van der Waals surface area (Å²) in [6.07, 6.45) is 0. The van der Waals surface area contributed by atoms with Crippen molar-refractivity contribution >= 4 is 28.4 Å². The number of pyridine rings is 1. The maximum Gasteiger partial charge on any atom is 0.254 e. The lowest BCUT2D eigenvalue weighted by atomic mass is 10.1. The molecule has 0 radical (unpaired) electrons. The van der Waals surface area contributed by atoms with Crippen LogP contribution in [0.4, 0.5) is 0 Å². The average molecular weight is 327 g/mol. The van der Waals surface area contributed by atoms with Gasteiger partial charge in [-0.2, -0.15) is 0 Å². The molecule has 0 atom stereocenters. The summed E-state index contributed by atoms with van der Waals surface area (Å²) in [6, 6.07) is 16.0. The fraction of sp³-hybridized carbons (Fsp3) is 0.111. The number of aromatic nitrogens is 1. The predicted molar refractivity (Wildman–Crippen MR) is 91.8 cm³/mol. The van der Waals surface area contributed by atoms with E-state index in [0.717, 1.165) is 10.9 Å². The molecule has 5 heteroatoms. The van der Waals surface area contributed by atoms with Crippen LogP contribution in [0.15, 0.2) is 59.4 Å². The Morgan fingerprint density at radius 3 is 2.57 bits per heavy atom. The van der Waals surface area contributed by atoms with E-state index in [1.54, 1.807) is 30.1 Å². The van der Waals surface area contributed by atoms with Crippen molar-refractivity contribution in [2.24, 2.45) is 0 Å². The number of hydrogen-bond donors (Lipinski definition) is 1. The van der Waals surface area contributed by atoms with E-state index in [1.165, 1.54) is 6.07 Å². The first kappa shape index (κ1) is 15.3. The molecule has 3 rings (SSSR count). The van der Waals surface area contributed by atoms with E-state index < -0.39 is 0 Å². The van der Waals surface area contributed by atoms with Crippen LogP contribution in [0.1, 0.15) is 15.9 Å². The largest absolute Gasteiger partial charge is 0.337 e. The zero-order valence-corrected chi connectivity index (χ0v) is 13.3.